The minimum Gasteiger partial charge on any atom is -0.484 e. The van der Waals surface area contributed by atoms with E-state index in [0.717, 1.165) is 32.1 Å². The summed E-state index contributed by atoms with van der Waals surface area (Å²) in [5.41, 5.74) is 6.22. The molecule has 2 atom stereocenters. The summed E-state index contributed by atoms with van der Waals surface area (Å²) in [5.74, 6) is 1.17. The van der Waals surface area contributed by atoms with Crippen molar-refractivity contribution in [2.45, 2.75) is 69.9 Å². The maximum atomic E-state index is 12.5. The molecule has 160 valence electrons. The topological polar surface area (TPSA) is 94.8 Å². The number of nitrogens with two attached hydrogens (primary N) is 1. The lowest BCUT2D eigenvalue weighted by Crippen LogP contribution is -2.47. The fraction of sp³-hybridized carbons (Fsp3) is 0.667. The van der Waals surface area contributed by atoms with E-state index in [0.29, 0.717) is 50.5 Å². The maximum absolute atomic E-state index is 12.5. The van der Waals surface area contributed by atoms with Gasteiger partial charge in [0.2, 0.25) is 11.8 Å². The van der Waals surface area contributed by atoms with E-state index in [-0.39, 0.29) is 41.8 Å². The van der Waals surface area contributed by atoms with Gasteiger partial charge in [0.05, 0.1) is 0 Å². The molecule has 1 saturated heterocycles. The summed E-state index contributed by atoms with van der Waals surface area (Å²) < 4.78 is 11.5. The molecule has 3 aliphatic rings. The number of imide groups is 1. The van der Waals surface area contributed by atoms with Crippen molar-refractivity contribution in [3.63, 3.8) is 0 Å². The number of pyridine rings is 1. The molecule has 2 fully saturated rings. The highest BCUT2D eigenvalue weighted by molar-refractivity contribution is 5.98. The summed E-state index contributed by atoms with van der Waals surface area (Å²) in [5, 5.41) is 0. The van der Waals surface area contributed by atoms with Gasteiger partial charge in [0, 0.05) is 38.0 Å². The largest absolute Gasteiger partial charge is 0.484 e. The molecule has 2 unspecified atom stereocenters. The molecule has 0 aromatic carbocycles. The second kappa shape index (κ2) is 9.30. The van der Waals surface area contributed by atoms with Gasteiger partial charge >= 0.3 is 0 Å². The van der Waals surface area contributed by atoms with Crippen molar-refractivity contribution in [2.24, 2.45) is 11.1 Å². The molecule has 3 heterocycles. The second-order valence-electron chi connectivity index (χ2n) is 8.50. The SMILES string of the molecule is Cl.NC(CCCN1C(=O)CC2(CCCC2)CC1=O)CC1COc2cccnc2O1. The fourth-order valence-corrected chi connectivity index (χ4v) is 4.79. The summed E-state index contributed by atoms with van der Waals surface area (Å²) in [6.45, 7) is 0.922. The van der Waals surface area contributed by atoms with E-state index in [2.05, 4.69) is 4.98 Å². The third-order valence-electron chi connectivity index (χ3n) is 6.28. The van der Waals surface area contributed by atoms with Gasteiger partial charge in [-0.2, -0.15) is 0 Å². The van der Waals surface area contributed by atoms with E-state index in [9.17, 15) is 9.59 Å². The van der Waals surface area contributed by atoms with E-state index in [1.165, 1.54) is 4.90 Å². The standard InChI is InChI=1S/C21H29N3O4.ClH/c22-15(11-16-14-27-17-6-3-9-23-20(17)28-16)5-4-10-24-18(25)12-21(13-19(24)26)7-1-2-8-21;/h3,6,9,15-16H,1-2,4-5,7-8,10-14,22H2;1H. The number of hydrogen-bond donors (Lipinski definition) is 1. The first-order chi connectivity index (χ1) is 13.5. The van der Waals surface area contributed by atoms with Crippen LogP contribution in [0.2, 0.25) is 0 Å². The number of hydrogen-bond acceptors (Lipinski definition) is 6. The normalized spacial score (nSPS) is 23.8. The minimum atomic E-state index is -0.127. The Morgan fingerprint density at radius 1 is 1.24 bits per heavy atom. The van der Waals surface area contributed by atoms with Crippen LogP contribution in [0.5, 0.6) is 11.6 Å². The number of fused-ring (bicyclic) bond motifs is 1. The Kier molecular flexibility index (Phi) is 7.01. The molecule has 1 saturated carbocycles. The Morgan fingerprint density at radius 2 is 1.97 bits per heavy atom. The number of rotatable bonds is 6. The molecule has 1 aliphatic carbocycles. The molecule has 2 amide bonds. The summed E-state index contributed by atoms with van der Waals surface area (Å²) in [6.07, 6.45) is 9.03. The summed E-state index contributed by atoms with van der Waals surface area (Å²) in [4.78, 5) is 30.6. The molecule has 1 spiro atoms. The maximum Gasteiger partial charge on any atom is 0.257 e. The number of amides is 2. The van der Waals surface area contributed by atoms with Gasteiger partial charge in [-0.1, -0.05) is 12.8 Å². The lowest BCUT2D eigenvalue weighted by atomic mass is 9.76. The molecule has 7 nitrogen and oxygen atoms in total. The molecular formula is C21H30ClN3O4. The summed E-state index contributed by atoms with van der Waals surface area (Å²) in [6, 6.07) is 3.57. The smallest absolute Gasteiger partial charge is 0.257 e. The van der Waals surface area contributed by atoms with Crippen LogP contribution in [-0.2, 0) is 9.59 Å². The lowest BCUT2D eigenvalue weighted by Gasteiger charge is -2.37. The van der Waals surface area contributed by atoms with Gasteiger partial charge in [0.15, 0.2) is 5.75 Å². The van der Waals surface area contributed by atoms with Gasteiger partial charge in [0.1, 0.15) is 12.7 Å². The molecule has 2 aliphatic heterocycles. The Hall–Kier alpha value is -1.86. The van der Waals surface area contributed by atoms with Gasteiger partial charge in [0.25, 0.3) is 5.88 Å². The Labute approximate surface area is 177 Å². The zero-order chi connectivity index (χ0) is 19.6. The van der Waals surface area contributed by atoms with Crippen molar-refractivity contribution >= 4 is 24.2 Å². The molecule has 1 aromatic rings. The highest BCUT2D eigenvalue weighted by Gasteiger charge is 2.44. The second-order valence-corrected chi connectivity index (χ2v) is 8.50. The van der Waals surface area contributed by atoms with Crippen molar-refractivity contribution in [2.75, 3.05) is 13.2 Å². The molecule has 0 bridgehead atoms. The monoisotopic (exact) mass is 423 g/mol. The zero-order valence-electron chi connectivity index (χ0n) is 16.7. The first-order valence-electron chi connectivity index (χ1n) is 10.4. The highest BCUT2D eigenvalue weighted by atomic mass is 35.5. The summed E-state index contributed by atoms with van der Waals surface area (Å²) >= 11 is 0. The van der Waals surface area contributed by atoms with E-state index in [1.54, 1.807) is 6.20 Å². The Morgan fingerprint density at radius 3 is 2.69 bits per heavy atom. The Balaban J connectivity index is 0.00000240. The van der Waals surface area contributed by atoms with Crippen LogP contribution in [0.25, 0.3) is 0 Å². The molecule has 2 N–H and O–H groups in total. The third kappa shape index (κ3) is 5.01. The van der Waals surface area contributed by atoms with Crippen LogP contribution >= 0.6 is 12.4 Å². The minimum absolute atomic E-state index is 0. The number of likely N-dealkylation sites (tertiary alicyclic amines) is 1. The van der Waals surface area contributed by atoms with Crippen LogP contribution in [0.15, 0.2) is 18.3 Å². The average Bonchev–Trinajstić information content (AvgIpc) is 3.11. The molecule has 29 heavy (non-hydrogen) atoms. The van der Waals surface area contributed by atoms with E-state index in [4.69, 9.17) is 15.2 Å². The first-order valence-corrected chi connectivity index (χ1v) is 10.4. The van der Waals surface area contributed by atoms with E-state index in [1.807, 2.05) is 12.1 Å². The van der Waals surface area contributed by atoms with Crippen LogP contribution in [0.3, 0.4) is 0 Å². The van der Waals surface area contributed by atoms with Crippen molar-refractivity contribution < 1.29 is 19.1 Å². The number of piperidine rings is 1. The number of carbonyl (C=O) groups is 2. The van der Waals surface area contributed by atoms with Crippen LogP contribution < -0.4 is 15.2 Å². The first kappa shape index (κ1) is 21.8. The fourth-order valence-electron chi connectivity index (χ4n) is 4.79. The highest BCUT2D eigenvalue weighted by Crippen LogP contribution is 2.46. The lowest BCUT2D eigenvalue weighted by molar-refractivity contribution is -0.153. The zero-order valence-corrected chi connectivity index (χ0v) is 17.5. The van der Waals surface area contributed by atoms with Gasteiger partial charge in [-0.3, -0.25) is 14.5 Å². The van der Waals surface area contributed by atoms with Gasteiger partial charge in [-0.05, 0) is 43.2 Å². The predicted octanol–water partition coefficient (Wildman–Crippen LogP) is 2.85. The van der Waals surface area contributed by atoms with Crippen LogP contribution in [0, 0.1) is 5.41 Å². The molecule has 4 rings (SSSR count). The average molecular weight is 424 g/mol. The Bertz CT molecular complexity index is 718. The van der Waals surface area contributed by atoms with E-state index < -0.39 is 0 Å². The van der Waals surface area contributed by atoms with Crippen LogP contribution in [0.1, 0.15) is 57.8 Å². The molecule has 1 aromatic heterocycles. The van der Waals surface area contributed by atoms with Crippen LogP contribution in [-0.4, -0.2) is 47.0 Å². The number of aromatic nitrogens is 1. The number of nitrogens with zero attached hydrogens (tertiary/aromatic N) is 2. The van der Waals surface area contributed by atoms with Crippen molar-refractivity contribution in [3.05, 3.63) is 18.3 Å². The predicted molar refractivity (Wildman–Crippen MR) is 110 cm³/mol. The van der Waals surface area contributed by atoms with Gasteiger partial charge in [-0.15, -0.1) is 12.4 Å². The number of ether oxygens (including phenoxy) is 2. The van der Waals surface area contributed by atoms with Crippen molar-refractivity contribution in [1.29, 1.82) is 0 Å². The summed E-state index contributed by atoms with van der Waals surface area (Å²) in [7, 11) is 0. The van der Waals surface area contributed by atoms with E-state index >= 15 is 0 Å². The molecular weight excluding hydrogens is 394 g/mol. The van der Waals surface area contributed by atoms with Crippen molar-refractivity contribution in [3.8, 4) is 11.6 Å². The van der Waals surface area contributed by atoms with Gasteiger partial charge < -0.3 is 15.2 Å². The third-order valence-corrected chi connectivity index (χ3v) is 6.28. The van der Waals surface area contributed by atoms with Crippen LogP contribution in [0.4, 0.5) is 0 Å². The number of halogens is 1. The van der Waals surface area contributed by atoms with Gasteiger partial charge in [-0.25, -0.2) is 4.98 Å². The van der Waals surface area contributed by atoms with Crippen molar-refractivity contribution in [1.82, 2.24) is 9.88 Å². The molecule has 0 radical (unpaired) electrons. The molecule has 8 heteroatoms. The quantitative estimate of drug-likeness (QED) is 0.707. The number of carbonyl (C=O) groups excluding carboxylic acids is 2.